The van der Waals surface area contributed by atoms with Crippen LogP contribution in [-0.4, -0.2) is 49.9 Å². The molecular weight excluding hydrogens is 318 g/mol. The van der Waals surface area contributed by atoms with E-state index < -0.39 is 12.0 Å². The van der Waals surface area contributed by atoms with Gasteiger partial charge in [0, 0.05) is 4.90 Å². The van der Waals surface area contributed by atoms with Gasteiger partial charge in [-0.3, -0.25) is 4.79 Å². The molecule has 0 bridgehead atoms. The van der Waals surface area contributed by atoms with Crippen LogP contribution in [0.2, 0.25) is 0 Å². The molecule has 0 radical (unpaired) electrons. The number of rotatable bonds is 7. The molecule has 1 saturated heterocycles. The summed E-state index contributed by atoms with van der Waals surface area (Å²) >= 11 is 1.57. The number of nitrogens with one attached hydrogen (secondary N) is 1. The van der Waals surface area contributed by atoms with Gasteiger partial charge in [-0.2, -0.15) is 0 Å². The summed E-state index contributed by atoms with van der Waals surface area (Å²) in [7, 11) is 4.84. The number of ether oxygens (including phenoxy) is 3. The summed E-state index contributed by atoms with van der Waals surface area (Å²) in [5.74, 6) is 0.623. The van der Waals surface area contributed by atoms with Crippen molar-refractivity contribution in [3.05, 3.63) is 18.2 Å². The third-order valence-electron chi connectivity index (χ3n) is 3.96. The fourth-order valence-electron chi connectivity index (χ4n) is 2.76. The van der Waals surface area contributed by atoms with Gasteiger partial charge in [0.2, 0.25) is 0 Å². The van der Waals surface area contributed by atoms with Crippen molar-refractivity contribution in [2.24, 2.45) is 5.92 Å². The van der Waals surface area contributed by atoms with Crippen molar-refractivity contribution < 1.29 is 24.1 Å². The molecule has 2 N–H and O–H groups in total. The van der Waals surface area contributed by atoms with E-state index in [2.05, 4.69) is 5.32 Å². The SMILES string of the molecule is CNC(C(=O)O)[C@@H]1OC(Sc2ccc(OC)c(OC)c2)C[C@H]1C. The van der Waals surface area contributed by atoms with Crippen LogP contribution in [0.5, 0.6) is 11.5 Å². The molecule has 7 heteroatoms. The number of carboxylic acids is 1. The Hall–Kier alpha value is -1.44. The number of carboxylic acid groups (broad SMARTS) is 1. The molecule has 1 fully saturated rings. The minimum atomic E-state index is -0.888. The predicted molar refractivity (Wildman–Crippen MR) is 88.3 cm³/mol. The zero-order valence-electron chi connectivity index (χ0n) is 13.7. The van der Waals surface area contributed by atoms with E-state index in [4.69, 9.17) is 14.2 Å². The summed E-state index contributed by atoms with van der Waals surface area (Å²) < 4.78 is 16.5. The van der Waals surface area contributed by atoms with Crippen molar-refractivity contribution in [2.75, 3.05) is 21.3 Å². The van der Waals surface area contributed by atoms with Crippen LogP contribution in [0.1, 0.15) is 13.3 Å². The Bertz CT molecular complexity index is 553. The van der Waals surface area contributed by atoms with Gasteiger partial charge < -0.3 is 24.6 Å². The second-order valence-electron chi connectivity index (χ2n) is 5.48. The summed E-state index contributed by atoms with van der Waals surface area (Å²) in [6.45, 7) is 2.02. The third kappa shape index (κ3) is 4.10. The zero-order valence-corrected chi connectivity index (χ0v) is 14.6. The summed E-state index contributed by atoms with van der Waals surface area (Å²) in [5.41, 5.74) is -0.0803. The van der Waals surface area contributed by atoms with Gasteiger partial charge in [0.1, 0.15) is 11.5 Å². The van der Waals surface area contributed by atoms with Crippen LogP contribution in [0.3, 0.4) is 0 Å². The summed E-state index contributed by atoms with van der Waals surface area (Å²) in [6, 6.07) is 5.00. The summed E-state index contributed by atoms with van der Waals surface area (Å²) in [5, 5.41) is 12.1. The van der Waals surface area contributed by atoms with Crippen molar-refractivity contribution >= 4 is 17.7 Å². The van der Waals surface area contributed by atoms with Gasteiger partial charge in [0.25, 0.3) is 0 Å². The van der Waals surface area contributed by atoms with Gasteiger partial charge in [0.05, 0.1) is 20.3 Å². The maximum Gasteiger partial charge on any atom is 0.323 e. The van der Waals surface area contributed by atoms with E-state index in [0.717, 1.165) is 11.3 Å². The highest BCUT2D eigenvalue weighted by atomic mass is 32.2. The van der Waals surface area contributed by atoms with Crippen molar-refractivity contribution in [1.82, 2.24) is 5.32 Å². The number of benzene rings is 1. The Morgan fingerprint density at radius 3 is 2.65 bits per heavy atom. The Morgan fingerprint density at radius 1 is 1.39 bits per heavy atom. The summed E-state index contributed by atoms with van der Waals surface area (Å²) in [4.78, 5) is 12.3. The smallest absolute Gasteiger partial charge is 0.323 e. The number of methoxy groups -OCH3 is 2. The number of carbonyl (C=O) groups is 1. The topological polar surface area (TPSA) is 77.0 Å². The van der Waals surface area contributed by atoms with E-state index in [-0.39, 0.29) is 17.5 Å². The van der Waals surface area contributed by atoms with Crippen LogP contribution in [0.25, 0.3) is 0 Å². The molecular formula is C16H23NO5S. The minimum Gasteiger partial charge on any atom is -0.493 e. The number of likely N-dealkylation sites (N-methyl/N-ethyl adjacent to an activating group) is 1. The number of aliphatic carboxylic acids is 1. The first-order chi connectivity index (χ1) is 11.0. The predicted octanol–water partition coefficient (Wildman–Crippen LogP) is 2.22. The molecule has 6 nitrogen and oxygen atoms in total. The molecule has 0 amide bonds. The minimum absolute atomic E-state index is 0.0803. The Balaban J connectivity index is 2.06. The monoisotopic (exact) mass is 341 g/mol. The van der Waals surface area contributed by atoms with Crippen LogP contribution < -0.4 is 14.8 Å². The highest BCUT2D eigenvalue weighted by Crippen LogP contribution is 2.40. The molecule has 0 aliphatic carbocycles. The van der Waals surface area contributed by atoms with Crippen LogP contribution in [0.15, 0.2) is 23.1 Å². The maximum atomic E-state index is 11.3. The van der Waals surface area contributed by atoms with Crippen LogP contribution in [-0.2, 0) is 9.53 Å². The molecule has 2 rings (SSSR count). The molecule has 1 aromatic rings. The number of hydrogen-bond donors (Lipinski definition) is 2. The van der Waals surface area contributed by atoms with Gasteiger partial charge in [-0.15, -0.1) is 0 Å². The quantitative estimate of drug-likeness (QED) is 0.787. The Labute approximate surface area is 140 Å². The molecule has 1 aliphatic rings. The van der Waals surface area contributed by atoms with E-state index in [1.54, 1.807) is 33.0 Å². The fourth-order valence-corrected chi connectivity index (χ4v) is 3.96. The lowest BCUT2D eigenvalue weighted by Crippen LogP contribution is -2.46. The molecule has 0 aromatic heterocycles. The second-order valence-corrected chi connectivity index (χ2v) is 6.72. The van der Waals surface area contributed by atoms with Crippen molar-refractivity contribution in [3.63, 3.8) is 0 Å². The highest BCUT2D eigenvalue weighted by Gasteiger charge is 2.40. The Kier molecular flexibility index (Phi) is 6.15. The number of thioether (sulfide) groups is 1. The van der Waals surface area contributed by atoms with Crippen LogP contribution in [0.4, 0.5) is 0 Å². The second kappa shape index (κ2) is 7.90. The standard InChI is InChI=1S/C16H23NO5S/c1-9-7-13(22-15(9)14(17-2)16(18)19)23-10-5-6-11(20-3)12(8-10)21-4/h5-6,8-9,13-15,17H,7H2,1-4H3,(H,18,19)/t9-,13?,14?,15-/m1/s1. The molecule has 1 aliphatic heterocycles. The first-order valence-electron chi connectivity index (χ1n) is 7.44. The van der Waals surface area contributed by atoms with E-state index in [1.165, 1.54) is 0 Å². The average molecular weight is 341 g/mol. The zero-order chi connectivity index (χ0) is 17.0. The van der Waals surface area contributed by atoms with E-state index in [0.29, 0.717) is 11.5 Å². The highest BCUT2D eigenvalue weighted by molar-refractivity contribution is 7.99. The lowest BCUT2D eigenvalue weighted by atomic mass is 9.98. The van der Waals surface area contributed by atoms with Gasteiger partial charge in [-0.25, -0.2) is 0 Å². The van der Waals surface area contributed by atoms with Crippen LogP contribution in [0, 0.1) is 5.92 Å². The van der Waals surface area contributed by atoms with E-state index in [1.807, 2.05) is 25.1 Å². The van der Waals surface area contributed by atoms with Gasteiger partial charge in [-0.05, 0) is 37.6 Å². The molecule has 1 heterocycles. The third-order valence-corrected chi connectivity index (χ3v) is 5.05. The van der Waals surface area contributed by atoms with Crippen molar-refractivity contribution in [1.29, 1.82) is 0 Å². The molecule has 2 unspecified atom stereocenters. The van der Waals surface area contributed by atoms with Gasteiger partial charge >= 0.3 is 5.97 Å². The average Bonchev–Trinajstić information content (AvgIpc) is 2.88. The first-order valence-corrected chi connectivity index (χ1v) is 8.32. The lowest BCUT2D eigenvalue weighted by Gasteiger charge is -2.22. The van der Waals surface area contributed by atoms with E-state index in [9.17, 15) is 9.90 Å². The van der Waals surface area contributed by atoms with Crippen LogP contribution >= 0.6 is 11.8 Å². The summed E-state index contributed by atoms with van der Waals surface area (Å²) in [6.07, 6.45) is 0.463. The largest absolute Gasteiger partial charge is 0.493 e. The van der Waals surface area contributed by atoms with E-state index >= 15 is 0 Å². The molecule has 0 spiro atoms. The molecule has 23 heavy (non-hydrogen) atoms. The fraction of sp³-hybridized carbons (Fsp3) is 0.562. The lowest BCUT2D eigenvalue weighted by molar-refractivity contribution is -0.143. The normalized spacial score (nSPS) is 25.1. The molecule has 128 valence electrons. The van der Waals surface area contributed by atoms with Crippen molar-refractivity contribution in [2.45, 2.75) is 35.8 Å². The first kappa shape index (κ1) is 17.9. The van der Waals surface area contributed by atoms with Crippen molar-refractivity contribution in [3.8, 4) is 11.5 Å². The molecule has 4 atom stereocenters. The maximum absolute atomic E-state index is 11.3. The molecule has 0 saturated carbocycles. The Morgan fingerprint density at radius 2 is 2.09 bits per heavy atom. The van der Waals surface area contributed by atoms with Gasteiger partial charge in [0.15, 0.2) is 11.5 Å². The van der Waals surface area contributed by atoms with Gasteiger partial charge in [-0.1, -0.05) is 18.7 Å². The molecule has 1 aromatic carbocycles. The number of hydrogen-bond acceptors (Lipinski definition) is 6.